The van der Waals surface area contributed by atoms with E-state index in [2.05, 4.69) is 27.5 Å². The molecule has 1 aromatic carbocycles. The van der Waals surface area contributed by atoms with E-state index in [0.717, 1.165) is 6.42 Å². The summed E-state index contributed by atoms with van der Waals surface area (Å²) < 4.78 is 0. The summed E-state index contributed by atoms with van der Waals surface area (Å²) >= 11 is 0. The summed E-state index contributed by atoms with van der Waals surface area (Å²) in [4.78, 5) is 32.2. The Kier molecular flexibility index (Phi) is 5.63. The van der Waals surface area contributed by atoms with Crippen molar-refractivity contribution in [3.8, 4) is 0 Å². The highest BCUT2D eigenvalue weighted by atomic mass is 16.2. The fraction of sp³-hybridized carbons (Fsp3) is 0.333. The van der Waals surface area contributed by atoms with Crippen molar-refractivity contribution in [2.45, 2.75) is 40.2 Å². The van der Waals surface area contributed by atoms with E-state index in [0.29, 0.717) is 28.6 Å². The van der Waals surface area contributed by atoms with E-state index in [1.807, 2.05) is 6.92 Å². The normalized spacial score (nSPS) is 11.7. The van der Waals surface area contributed by atoms with Crippen molar-refractivity contribution in [3.05, 3.63) is 47.4 Å². The van der Waals surface area contributed by atoms with Crippen LogP contribution in [0.3, 0.4) is 0 Å². The van der Waals surface area contributed by atoms with Crippen LogP contribution in [0.25, 0.3) is 0 Å². The van der Waals surface area contributed by atoms with Crippen molar-refractivity contribution >= 4 is 23.2 Å². The fourth-order valence-electron chi connectivity index (χ4n) is 2.10. The number of aromatic nitrogens is 2. The minimum absolute atomic E-state index is 0.0138. The molecule has 126 valence electrons. The number of carbonyl (C=O) groups is 2. The highest BCUT2D eigenvalue weighted by Crippen LogP contribution is 2.14. The van der Waals surface area contributed by atoms with Crippen LogP contribution >= 0.6 is 0 Å². The third kappa shape index (κ3) is 4.62. The molecule has 1 atom stereocenters. The molecule has 2 rings (SSSR count). The predicted octanol–water partition coefficient (Wildman–Crippen LogP) is 3.45. The molecule has 6 heteroatoms. The molecule has 0 spiro atoms. The standard InChI is InChI=1S/C18H22N4O2/c1-5-11(2)19-17-10-16(20-13(4)21-17)18(24)22-15-8-6-14(7-9-15)12(3)23/h6-11H,5H2,1-4H3,(H,22,24)(H,19,20,21). The molecule has 0 aliphatic heterocycles. The van der Waals surface area contributed by atoms with Crippen LogP contribution in [-0.4, -0.2) is 27.7 Å². The monoisotopic (exact) mass is 326 g/mol. The van der Waals surface area contributed by atoms with Crippen LogP contribution < -0.4 is 10.6 Å². The van der Waals surface area contributed by atoms with Gasteiger partial charge in [-0.15, -0.1) is 0 Å². The molecule has 24 heavy (non-hydrogen) atoms. The summed E-state index contributed by atoms with van der Waals surface area (Å²) in [5.74, 6) is 0.831. The Balaban J connectivity index is 2.15. The SMILES string of the molecule is CCC(C)Nc1cc(C(=O)Nc2ccc(C(C)=O)cc2)nc(C)n1. The largest absolute Gasteiger partial charge is 0.368 e. The van der Waals surface area contributed by atoms with Gasteiger partial charge in [0, 0.05) is 23.4 Å². The number of hydrogen-bond donors (Lipinski definition) is 2. The van der Waals surface area contributed by atoms with Crippen LogP contribution in [0, 0.1) is 6.92 Å². The van der Waals surface area contributed by atoms with Gasteiger partial charge in [0.05, 0.1) is 0 Å². The molecule has 2 aromatic rings. The highest BCUT2D eigenvalue weighted by molar-refractivity contribution is 6.03. The average molecular weight is 326 g/mol. The molecule has 0 fully saturated rings. The Bertz CT molecular complexity index is 741. The lowest BCUT2D eigenvalue weighted by Gasteiger charge is -2.13. The lowest BCUT2D eigenvalue weighted by molar-refractivity contribution is 0.101. The summed E-state index contributed by atoms with van der Waals surface area (Å²) in [6, 6.07) is 8.65. The predicted molar refractivity (Wildman–Crippen MR) is 94.5 cm³/mol. The average Bonchev–Trinajstić information content (AvgIpc) is 2.54. The maximum absolute atomic E-state index is 12.4. The van der Waals surface area contributed by atoms with Crippen LogP contribution in [0.1, 0.15) is 53.9 Å². The Hall–Kier alpha value is -2.76. The third-order valence-electron chi connectivity index (χ3n) is 3.63. The Morgan fingerprint density at radius 1 is 1.17 bits per heavy atom. The lowest BCUT2D eigenvalue weighted by atomic mass is 10.1. The number of nitrogens with one attached hydrogen (secondary N) is 2. The van der Waals surface area contributed by atoms with Gasteiger partial charge >= 0.3 is 0 Å². The number of carbonyl (C=O) groups excluding carboxylic acids is 2. The number of anilines is 2. The first-order valence-corrected chi connectivity index (χ1v) is 7.93. The van der Waals surface area contributed by atoms with E-state index in [1.54, 1.807) is 37.3 Å². The van der Waals surface area contributed by atoms with E-state index >= 15 is 0 Å². The zero-order valence-corrected chi connectivity index (χ0v) is 14.4. The number of rotatable bonds is 6. The highest BCUT2D eigenvalue weighted by Gasteiger charge is 2.12. The second-order valence-electron chi connectivity index (χ2n) is 5.73. The fourth-order valence-corrected chi connectivity index (χ4v) is 2.10. The van der Waals surface area contributed by atoms with Crippen molar-refractivity contribution in [1.29, 1.82) is 0 Å². The molecule has 0 aliphatic rings. The van der Waals surface area contributed by atoms with Gasteiger partial charge < -0.3 is 10.6 Å². The van der Waals surface area contributed by atoms with E-state index in [4.69, 9.17) is 0 Å². The van der Waals surface area contributed by atoms with Gasteiger partial charge in [-0.2, -0.15) is 0 Å². The third-order valence-corrected chi connectivity index (χ3v) is 3.63. The molecule has 1 unspecified atom stereocenters. The van der Waals surface area contributed by atoms with Crippen molar-refractivity contribution in [1.82, 2.24) is 9.97 Å². The molecule has 0 saturated heterocycles. The number of amides is 1. The Morgan fingerprint density at radius 2 is 1.83 bits per heavy atom. The number of nitrogens with zero attached hydrogens (tertiary/aromatic N) is 2. The van der Waals surface area contributed by atoms with Gasteiger partial charge in [0.2, 0.25) is 0 Å². The summed E-state index contributed by atoms with van der Waals surface area (Å²) in [5, 5.41) is 6.02. The maximum Gasteiger partial charge on any atom is 0.274 e. The molecular weight excluding hydrogens is 304 g/mol. The van der Waals surface area contributed by atoms with Gasteiger partial charge in [-0.05, 0) is 51.5 Å². The van der Waals surface area contributed by atoms with Crippen LogP contribution in [0.15, 0.2) is 30.3 Å². The first-order valence-electron chi connectivity index (χ1n) is 7.93. The van der Waals surface area contributed by atoms with Crippen LogP contribution in [-0.2, 0) is 0 Å². The van der Waals surface area contributed by atoms with Gasteiger partial charge in [-0.25, -0.2) is 9.97 Å². The molecule has 1 aromatic heterocycles. The summed E-state index contributed by atoms with van der Waals surface area (Å²) in [6.07, 6.45) is 0.951. The minimum Gasteiger partial charge on any atom is -0.368 e. The van der Waals surface area contributed by atoms with Crippen molar-refractivity contribution < 1.29 is 9.59 Å². The smallest absolute Gasteiger partial charge is 0.274 e. The number of benzene rings is 1. The van der Waals surface area contributed by atoms with Crippen molar-refractivity contribution in [3.63, 3.8) is 0 Å². The Morgan fingerprint density at radius 3 is 2.42 bits per heavy atom. The van der Waals surface area contributed by atoms with Gasteiger partial charge in [-0.3, -0.25) is 9.59 Å². The maximum atomic E-state index is 12.4. The lowest BCUT2D eigenvalue weighted by Crippen LogP contribution is -2.18. The molecule has 6 nitrogen and oxygen atoms in total. The summed E-state index contributed by atoms with van der Waals surface area (Å²) in [7, 11) is 0. The van der Waals surface area contributed by atoms with Crippen molar-refractivity contribution in [2.75, 3.05) is 10.6 Å². The molecular formula is C18H22N4O2. The van der Waals surface area contributed by atoms with E-state index in [9.17, 15) is 9.59 Å². The van der Waals surface area contributed by atoms with Crippen LogP contribution in [0.4, 0.5) is 11.5 Å². The minimum atomic E-state index is -0.316. The van der Waals surface area contributed by atoms with E-state index in [-0.39, 0.29) is 17.7 Å². The van der Waals surface area contributed by atoms with Gasteiger partial charge in [0.15, 0.2) is 5.78 Å². The first kappa shape index (κ1) is 17.6. The quantitative estimate of drug-likeness (QED) is 0.794. The molecule has 0 bridgehead atoms. The van der Waals surface area contributed by atoms with Gasteiger partial charge in [-0.1, -0.05) is 6.92 Å². The topological polar surface area (TPSA) is 84.0 Å². The van der Waals surface area contributed by atoms with E-state index in [1.165, 1.54) is 6.92 Å². The zero-order valence-electron chi connectivity index (χ0n) is 14.4. The van der Waals surface area contributed by atoms with Crippen LogP contribution in [0.2, 0.25) is 0 Å². The van der Waals surface area contributed by atoms with Gasteiger partial charge in [0.1, 0.15) is 17.3 Å². The van der Waals surface area contributed by atoms with E-state index < -0.39 is 0 Å². The molecule has 1 heterocycles. The number of aryl methyl sites for hydroxylation is 1. The number of ketones is 1. The van der Waals surface area contributed by atoms with Crippen LogP contribution in [0.5, 0.6) is 0 Å². The molecule has 1 amide bonds. The number of hydrogen-bond acceptors (Lipinski definition) is 5. The van der Waals surface area contributed by atoms with Gasteiger partial charge in [0.25, 0.3) is 5.91 Å². The summed E-state index contributed by atoms with van der Waals surface area (Å²) in [5.41, 5.74) is 1.51. The second kappa shape index (κ2) is 7.68. The second-order valence-corrected chi connectivity index (χ2v) is 5.73. The molecule has 2 N–H and O–H groups in total. The Labute approximate surface area is 141 Å². The first-order chi connectivity index (χ1) is 11.4. The zero-order chi connectivity index (χ0) is 17.7. The molecule has 0 radical (unpaired) electrons. The molecule has 0 saturated carbocycles. The molecule has 0 aliphatic carbocycles. The van der Waals surface area contributed by atoms with Crippen molar-refractivity contribution in [2.24, 2.45) is 0 Å². The number of Topliss-reactive ketones (excluding diaryl/α,β-unsaturated/α-hetero) is 1. The summed E-state index contributed by atoms with van der Waals surface area (Å²) in [6.45, 7) is 7.38.